The number of nitrogens with zero attached hydrogens (tertiary/aromatic N) is 1. The summed E-state index contributed by atoms with van der Waals surface area (Å²) < 4.78 is 1.10. The van der Waals surface area contributed by atoms with E-state index >= 15 is 0 Å². The predicted octanol–water partition coefficient (Wildman–Crippen LogP) is 4.34. The van der Waals surface area contributed by atoms with Crippen molar-refractivity contribution in [2.24, 2.45) is 0 Å². The topological polar surface area (TPSA) is 12.9 Å². The second-order valence-electron chi connectivity index (χ2n) is 3.76. The zero-order chi connectivity index (χ0) is 10.7. The van der Waals surface area contributed by atoms with Crippen molar-refractivity contribution in [2.75, 3.05) is 0 Å². The molecule has 0 aliphatic heterocycles. The molecule has 1 heterocycles. The second kappa shape index (κ2) is 4.75. The number of hydrogen-bond donors (Lipinski definition) is 0. The molecule has 1 aromatic carbocycles. The van der Waals surface area contributed by atoms with Gasteiger partial charge in [0.25, 0.3) is 0 Å². The van der Waals surface area contributed by atoms with Gasteiger partial charge in [-0.25, -0.2) is 0 Å². The Kier molecular flexibility index (Phi) is 3.37. The summed E-state index contributed by atoms with van der Waals surface area (Å²) in [6.45, 7) is 2.22. The Morgan fingerprint density at radius 2 is 2.20 bits per heavy atom. The highest BCUT2D eigenvalue weighted by atomic mass is 79.9. The lowest BCUT2D eigenvalue weighted by atomic mass is 10.1. The van der Waals surface area contributed by atoms with Gasteiger partial charge in [0.1, 0.15) is 0 Å². The minimum absolute atomic E-state index is 1.05. The molecular weight excluding hydrogens is 250 g/mol. The third-order valence-electron chi connectivity index (χ3n) is 2.54. The zero-order valence-electron chi connectivity index (χ0n) is 8.83. The molecule has 0 radical (unpaired) electrons. The number of halogens is 1. The highest BCUT2D eigenvalue weighted by Gasteiger charge is 2.02. The second-order valence-corrected chi connectivity index (χ2v) is 4.61. The molecule has 78 valence electrons. The van der Waals surface area contributed by atoms with Gasteiger partial charge in [-0.05, 0) is 52.5 Å². The summed E-state index contributed by atoms with van der Waals surface area (Å²) in [4.78, 5) is 4.36. The largest absolute Gasteiger partial charge is 0.255 e. The van der Waals surface area contributed by atoms with Gasteiger partial charge in [-0.2, -0.15) is 0 Å². The van der Waals surface area contributed by atoms with E-state index in [4.69, 9.17) is 0 Å². The Morgan fingerprint density at radius 1 is 1.33 bits per heavy atom. The van der Waals surface area contributed by atoms with Gasteiger partial charge in [0.2, 0.25) is 0 Å². The maximum Gasteiger partial charge on any atom is 0.0844 e. The minimum Gasteiger partial charge on any atom is -0.255 e. The summed E-state index contributed by atoms with van der Waals surface area (Å²) in [6.07, 6.45) is 5.47. The molecule has 0 spiro atoms. The average molecular weight is 264 g/mol. The summed E-state index contributed by atoms with van der Waals surface area (Å²) in [5, 5.41) is 1.22. The Labute approximate surface area is 98.7 Å². The Balaban J connectivity index is 2.43. The van der Waals surface area contributed by atoms with Crippen LogP contribution in [0.5, 0.6) is 0 Å². The van der Waals surface area contributed by atoms with E-state index < -0.39 is 0 Å². The lowest BCUT2D eigenvalue weighted by Crippen LogP contribution is -1.87. The van der Waals surface area contributed by atoms with Crippen LogP contribution in [-0.2, 0) is 6.42 Å². The molecule has 0 saturated carbocycles. The van der Waals surface area contributed by atoms with Gasteiger partial charge in [-0.15, -0.1) is 0 Å². The summed E-state index contributed by atoms with van der Waals surface area (Å²) in [6, 6.07) is 8.52. The first kappa shape index (κ1) is 10.6. The molecule has 0 fully saturated rings. The van der Waals surface area contributed by atoms with E-state index in [-0.39, 0.29) is 0 Å². The van der Waals surface area contributed by atoms with Crippen LogP contribution in [0, 0.1) is 0 Å². The van der Waals surface area contributed by atoms with E-state index in [2.05, 4.69) is 46.0 Å². The maximum atomic E-state index is 4.36. The van der Waals surface area contributed by atoms with E-state index in [0.717, 1.165) is 16.4 Å². The Morgan fingerprint density at radius 3 is 3.00 bits per heavy atom. The number of fused-ring (bicyclic) bond motifs is 1. The van der Waals surface area contributed by atoms with Crippen LogP contribution in [0.25, 0.3) is 10.9 Å². The van der Waals surface area contributed by atoms with Gasteiger partial charge in [0, 0.05) is 16.1 Å². The van der Waals surface area contributed by atoms with Crippen LogP contribution in [0.3, 0.4) is 0 Å². The SMILES string of the molecule is CCCCc1cc(Br)c2ncccc2c1. The molecule has 1 nitrogen and oxygen atoms in total. The minimum atomic E-state index is 1.05. The van der Waals surface area contributed by atoms with Crippen molar-refractivity contribution in [3.63, 3.8) is 0 Å². The highest BCUT2D eigenvalue weighted by Crippen LogP contribution is 2.24. The van der Waals surface area contributed by atoms with Gasteiger partial charge < -0.3 is 0 Å². The third-order valence-corrected chi connectivity index (χ3v) is 3.14. The van der Waals surface area contributed by atoms with Crippen molar-refractivity contribution in [2.45, 2.75) is 26.2 Å². The van der Waals surface area contributed by atoms with E-state index in [1.165, 1.54) is 23.8 Å². The Bertz CT molecular complexity index is 465. The highest BCUT2D eigenvalue weighted by molar-refractivity contribution is 9.10. The van der Waals surface area contributed by atoms with E-state index in [1.54, 1.807) is 0 Å². The fourth-order valence-electron chi connectivity index (χ4n) is 1.73. The van der Waals surface area contributed by atoms with Crippen molar-refractivity contribution in [1.82, 2.24) is 4.98 Å². The molecule has 1 aromatic heterocycles. The number of pyridine rings is 1. The average Bonchev–Trinajstić information content (AvgIpc) is 2.26. The molecule has 0 bridgehead atoms. The number of aryl methyl sites for hydroxylation is 1. The molecule has 0 aliphatic rings. The fraction of sp³-hybridized carbons (Fsp3) is 0.308. The molecule has 2 rings (SSSR count). The van der Waals surface area contributed by atoms with Gasteiger partial charge in [-0.1, -0.05) is 19.4 Å². The molecule has 0 atom stereocenters. The van der Waals surface area contributed by atoms with Crippen molar-refractivity contribution in [3.8, 4) is 0 Å². The Hall–Kier alpha value is -0.890. The maximum absolute atomic E-state index is 4.36. The van der Waals surface area contributed by atoms with Crippen LogP contribution in [-0.4, -0.2) is 4.98 Å². The first-order chi connectivity index (χ1) is 7.31. The van der Waals surface area contributed by atoms with Crippen LogP contribution >= 0.6 is 15.9 Å². The van der Waals surface area contributed by atoms with Crippen LogP contribution in [0.4, 0.5) is 0 Å². The first-order valence-electron chi connectivity index (χ1n) is 5.34. The summed E-state index contributed by atoms with van der Waals surface area (Å²) >= 11 is 3.58. The fourth-order valence-corrected chi connectivity index (χ4v) is 2.36. The van der Waals surface area contributed by atoms with Crippen LogP contribution in [0.15, 0.2) is 34.9 Å². The normalized spacial score (nSPS) is 10.8. The van der Waals surface area contributed by atoms with Crippen LogP contribution in [0.1, 0.15) is 25.3 Å². The lowest BCUT2D eigenvalue weighted by molar-refractivity contribution is 0.795. The van der Waals surface area contributed by atoms with Gasteiger partial charge >= 0.3 is 0 Å². The summed E-state index contributed by atoms with van der Waals surface area (Å²) in [5.74, 6) is 0. The standard InChI is InChI=1S/C13H14BrN/c1-2-3-5-10-8-11-6-4-7-15-13(11)12(14)9-10/h4,6-9H,2-3,5H2,1H3. The predicted molar refractivity (Wildman–Crippen MR) is 68.1 cm³/mol. The summed E-state index contributed by atoms with van der Waals surface area (Å²) in [5.41, 5.74) is 2.45. The molecule has 2 aromatic rings. The van der Waals surface area contributed by atoms with Crippen molar-refractivity contribution in [1.29, 1.82) is 0 Å². The zero-order valence-corrected chi connectivity index (χ0v) is 10.4. The van der Waals surface area contributed by atoms with E-state index in [9.17, 15) is 0 Å². The van der Waals surface area contributed by atoms with Crippen LogP contribution < -0.4 is 0 Å². The summed E-state index contributed by atoms with van der Waals surface area (Å²) in [7, 11) is 0. The van der Waals surface area contributed by atoms with E-state index in [0.29, 0.717) is 0 Å². The van der Waals surface area contributed by atoms with Crippen LogP contribution in [0.2, 0.25) is 0 Å². The van der Waals surface area contributed by atoms with E-state index in [1.807, 2.05) is 12.3 Å². The molecule has 0 aliphatic carbocycles. The number of benzene rings is 1. The van der Waals surface area contributed by atoms with Crippen molar-refractivity contribution < 1.29 is 0 Å². The molecule has 0 N–H and O–H groups in total. The first-order valence-corrected chi connectivity index (χ1v) is 6.13. The third kappa shape index (κ3) is 2.37. The molecule has 0 saturated heterocycles. The smallest absolute Gasteiger partial charge is 0.0844 e. The molecule has 0 amide bonds. The number of unbranched alkanes of at least 4 members (excludes halogenated alkanes) is 1. The van der Waals surface area contributed by atoms with Crippen molar-refractivity contribution >= 4 is 26.8 Å². The quantitative estimate of drug-likeness (QED) is 0.803. The number of hydrogen-bond acceptors (Lipinski definition) is 1. The molecule has 15 heavy (non-hydrogen) atoms. The van der Waals surface area contributed by atoms with Crippen molar-refractivity contribution in [3.05, 3.63) is 40.5 Å². The monoisotopic (exact) mass is 263 g/mol. The molecular formula is C13H14BrN. The van der Waals surface area contributed by atoms with Gasteiger partial charge in [0.05, 0.1) is 5.52 Å². The number of aromatic nitrogens is 1. The molecule has 0 unspecified atom stereocenters. The van der Waals surface area contributed by atoms with Gasteiger partial charge in [-0.3, -0.25) is 4.98 Å². The van der Waals surface area contributed by atoms with Gasteiger partial charge in [0.15, 0.2) is 0 Å². The lowest BCUT2D eigenvalue weighted by Gasteiger charge is -2.04. The number of rotatable bonds is 3. The molecule has 2 heteroatoms.